The fraction of sp³-hybridized carbons (Fsp3) is 0.120. The number of benzene rings is 2. The van der Waals surface area contributed by atoms with Crippen molar-refractivity contribution in [2.45, 2.75) is 19.0 Å². The molecule has 0 spiro atoms. The quantitative estimate of drug-likeness (QED) is 0.310. The van der Waals surface area contributed by atoms with Gasteiger partial charge >= 0.3 is 0 Å². The van der Waals surface area contributed by atoms with Gasteiger partial charge < -0.3 is 14.6 Å². The summed E-state index contributed by atoms with van der Waals surface area (Å²) in [4.78, 5) is 6.63. The van der Waals surface area contributed by atoms with Crippen LogP contribution in [0.3, 0.4) is 0 Å². The summed E-state index contributed by atoms with van der Waals surface area (Å²) in [5.74, 6) is 1.08. The van der Waals surface area contributed by atoms with E-state index in [-0.39, 0.29) is 17.9 Å². The molecule has 0 bridgehead atoms. The van der Waals surface area contributed by atoms with E-state index in [2.05, 4.69) is 62.3 Å². The summed E-state index contributed by atoms with van der Waals surface area (Å²) in [5, 5.41) is 4.03. The number of thiocarbonyl (C=S) groups is 1. The van der Waals surface area contributed by atoms with Crippen LogP contribution in [0, 0.1) is 12.7 Å². The predicted molar refractivity (Wildman–Crippen MR) is 131 cm³/mol. The van der Waals surface area contributed by atoms with Crippen molar-refractivity contribution in [3.05, 3.63) is 106 Å². The van der Waals surface area contributed by atoms with E-state index in [1.165, 1.54) is 17.7 Å². The molecule has 2 atom stereocenters. The van der Waals surface area contributed by atoms with Crippen LogP contribution in [0.1, 0.15) is 29.1 Å². The van der Waals surface area contributed by atoms with Crippen LogP contribution in [0.2, 0.25) is 0 Å². The molecule has 1 saturated heterocycles. The minimum absolute atomic E-state index is 0.194. The lowest BCUT2D eigenvalue weighted by atomic mass is 10.0. The maximum Gasteiger partial charge on any atom is 0.174 e. The molecule has 0 amide bonds. The van der Waals surface area contributed by atoms with Gasteiger partial charge in [0.05, 0.1) is 11.7 Å². The average Bonchev–Trinajstić information content (AvgIpc) is 3.39. The van der Waals surface area contributed by atoms with E-state index in [1.807, 2.05) is 30.3 Å². The lowest BCUT2D eigenvalue weighted by molar-refractivity contribution is 0.439. The first-order valence-electron chi connectivity index (χ1n) is 10.1. The molecule has 0 radical (unpaired) electrons. The molecule has 2 aromatic heterocycles. The van der Waals surface area contributed by atoms with E-state index in [4.69, 9.17) is 16.6 Å². The number of aromatic nitrogens is 1. The Morgan fingerprint density at radius 1 is 1.06 bits per heavy atom. The number of hydrogen-bond acceptors (Lipinski definition) is 3. The third kappa shape index (κ3) is 3.82. The van der Waals surface area contributed by atoms with Gasteiger partial charge in [-0.1, -0.05) is 23.8 Å². The van der Waals surface area contributed by atoms with E-state index in [9.17, 15) is 4.39 Å². The van der Waals surface area contributed by atoms with Crippen LogP contribution < -0.4 is 10.2 Å². The average molecular weight is 508 g/mol. The minimum Gasteiger partial charge on any atom is -0.459 e. The fourth-order valence-electron chi connectivity index (χ4n) is 3.97. The van der Waals surface area contributed by atoms with Gasteiger partial charge in [-0.25, -0.2) is 4.39 Å². The van der Waals surface area contributed by atoms with Crippen molar-refractivity contribution in [2.24, 2.45) is 0 Å². The van der Waals surface area contributed by atoms with Gasteiger partial charge in [-0.05, 0) is 89.7 Å². The van der Waals surface area contributed by atoms with Crippen LogP contribution in [0.4, 0.5) is 10.1 Å². The summed E-state index contributed by atoms with van der Waals surface area (Å²) >= 11 is 9.18. The predicted octanol–water partition coefficient (Wildman–Crippen LogP) is 6.73. The highest BCUT2D eigenvalue weighted by atomic mass is 79.9. The van der Waals surface area contributed by atoms with E-state index < -0.39 is 0 Å². The molecule has 0 saturated carbocycles. The van der Waals surface area contributed by atoms with Crippen molar-refractivity contribution in [1.82, 2.24) is 10.3 Å². The highest BCUT2D eigenvalue weighted by Crippen LogP contribution is 2.43. The highest BCUT2D eigenvalue weighted by Gasteiger charge is 2.42. The van der Waals surface area contributed by atoms with Crippen LogP contribution in [-0.2, 0) is 0 Å². The number of furan rings is 1. The monoisotopic (exact) mass is 507 g/mol. The smallest absolute Gasteiger partial charge is 0.174 e. The van der Waals surface area contributed by atoms with Crippen LogP contribution in [0.25, 0.3) is 11.3 Å². The molecule has 5 rings (SSSR count). The van der Waals surface area contributed by atoms with E-state index in [0.717, 1.165) is 22.7 Å². The number of aryl methyl sites for hydroxylation is 1. The molecular formula is C25H19BrFN3OS. The van der Waals surface area contributed by atoms with Crippen LogP contribution in [-0.4, -0.2) is 10.1 Å². The van der Waals surface area contributed by atoms with E-state index in [1.54, 1.807) is 12.3 Å². The largest absolute Gasteiger partial charge is 0.459 e. The van der Waals surface area contributed by atoms with Gasteiger partial charge in [-0.2, -0.15) is 0 Å². The standard InChI is InChI=1S/C25H19BrFN3OS/c1-15-5-8-17(9-6-15)30-24(23(29-25(30)32)20-4-2-3-13-28-20)22-12-11-21(31-22)18-10-7-16(27)14-19(18)26/h2-14,23-24H,1H3,(H,29,32). The number of halogens is 2. The summed E-state index contributed by atoms with van der Waals surface area (Å²) in [7, 11) is 0. The molecule has 3 heterocycles. The Morgan fingerprint density at radius 3 is 2.59 bits per heavy atom. The van der Waals surface area contributed by atoms with Gasteiger partial charge in [0.1, 0.15) is 23.4 Å². The molecule has 160 valence electrons. The fourth-order valence-corrected chi connectivity index (χ4v) is 4.87. The number of nitrogens with zero attached hydrogens (tertiary/aromatic N) is 2. The Hall–Kier alpha value is -3.03. The Labute approximate surface area is 199 Å². The minimum atomic E-state index is -0.307. The molecular weight excluding hydrogens is 489 g/mol. The summed E-state index contributed by atoms with van der Waals surface area (Å²) in [6.07, 6.45) is 1.77. The molecule has 7 heteroatoms. The van der Waals surface area contributed by atoms with Crippen molar-refractivity contribution >= 4 is 38.9 Å². The lowest BCUT2D eigenvalue weighted by Gasteiger charge is -2.26. The number of anilines is 1. The van der Waals surface area contributed by atoms with Crippen LogP contribution in [0.15, 0.2) is 87.9 Å². The zero-order valence-electron chi connectivity index (χ0n) is 17.1. The second-order valence-corrected chi connectivity index (χ2v) is 8.90. The molecule has 1 aliphatic heterocycles. The zero-order valence-corrected chi connectivity index (χ0v) is 19.5. The van der Waals surface area contributed by atoms with Crippen molar-refractivity contribution in [2.75, 3.05) is 4.90 Å². The van der Waals surface area contributed by atoms with Gasteiger partial charge in [0, 0.05) is 21.9 Å². The van der Waals surface area contributed by atoms with Gasteiger partial charge in [-0.15, -0.1) is 0 Å². The zero-order chi connectivity index (χ0) is 22.2. The first-order chi connectivity index (χ1) is 15.5. The van der Waals surface area contributed by atoms with Crippen molar-refractivity contribution in [1.29, 1.82) is 0 Å². The molecule has 4 nitrogen and oxygen atoms in total. The Balaban J connectivity index is 1.60. The second kappa shape index (κ2) is 8.48. The van der Waals surface area contributed by atoms with Crippen molar-refractivity contribution < 1.29 is 8.81 Å². The summed E-state index contributed by atoms with van der Waals surface area (Å²) in [6.45, 7) is 2.05. The highest BCUT2D eigenvalue weighted by molar-refractivity contribution is 9.10. The maximum atomic E-state index is 13.6. The van der Waals surface area contributed by atoms with Gasteiger partial charge in [0.25, 0.3) is 0 Å². The van der Waals surface area contributed by atoms with Crippen molar-refractivity contribution in [3.63, 3.8) is 0 Å². The molecule has 4 aromatic rings. The molecule has 32 heavy (non-hydrogen) atoms. The summed E-state index contributed by atoms with van der Waals surface area (Å²) < 4.78 is 20.5. The van der Waals surface area contributed by atoms with E-state index in [0.29, 0.717) is 15.3 Å². The number of pyridine rings is 1. The number of hydrogen-bond donors (Lipinski definition) is 1. The first kappa shape index (κ1) is 20.8. The molecule has 1 N–H and O–H groups in total. The van der Waals surface area contributed by atoms with Gasteiger partial charge in [-0.3, -0.25) is 4.98 Å². The van der Waals surface area contributed by atoms with Crippen molar-refractivity contribution in [3.8, 4) is 11.3 Å². The first-order valence-corrected chi connectivity index (χ1v) is 11.3. The van der Waals surface area contributed by atoms with Crippen LogP contribution in [0.5, 0.6) is 0 Å². The molecule has 2 aromatic carbocycles. The topological polar surface area (TPSA) is 41.3 Å². The number of rotatable bonds is 4. The second-order valence-electron chi connectivity index (χ2n) is 7.66. The Bertz CT molecular complexity index is 1280. The molecule has 1 aliphatic rings. The number of nitrogens with one attached hydrogen (secondary N) is 1. The molecule has 1 fully saturated rings. The molecule has 2 unspecified atom stereocenters. The third-order valence-corrected chi connectivity index (χ3v) is 6.50. The summed E-state index contributed by atoms with van der Waals surface area (Å²) in [6, 6.07) is 22.0. The van der Waals surface area contributed by atoms with Crippen LogP contribution >= 0.6 is 28.1 Å². The normalized spacial score (nSPS) is 18.1. The maximum absolute atomic E-state index is 13.6. The van der Waals surface area contributed by atoms with E-state index >= 15 is 0 Å². The Kier molecular flexibility index (Phi) is 5.53. The lowest BCUT2D eigenvalue weighted by Crippen LogP contribution is -2.29. The summed E-state index contributed by atoms with van der Waals surface area (Å²) in [5.41, 5.74) is 3.79. The Morgan fingerprint density at radius 2 is 1.88 bits per heavy atom. The molecule has 0 aliphatic carbocycles. The third-order valence-electron chi connectivity index (χ3n) is 5.53. The van der Waals surface area contributed by atoms with Gasteiger partial charge in [0.15, 0.2) is 5.11 Å². The van der Waals surface area contributed by atoms with Gasteiger partial charge in [0.2, 0.25) is 0 Å². The SMILES string of the molecule is Cc1ccc(N2C(=S)NC(c3ccccn3)C2c2ccc(-c3ccc(F)cc3Br)o2)cc1.